The van der Waals surface area contributed by atoms with Gasteiger partial charge in [0, 0.05) is 17.3 Å². The summed E-state index contributed by atoms with van der Waals surface area (Å²) in [6, 6.07) is 9.19. The fourth-order valence-corrected chi connectivity index (χ4v) is 4.11. The van der Waals surface area contributed by atoms with Gasteiger partial charge >= 0.3 is 6.18 Å². The van der Waals surface area contributed by atoms with Crippen LogP contribution in [0.1, 0.15) is 29.7 Å². The maximum absolute atomic E-state index is 15.7. The Morgan fingerprint density at radius 1 is 1.08 bits per heavy atom. The molecule has 4 aromatic rings. The number of nitrogens with zero attached hydrogens (tertiary/aromatic N) is 4. The van der Waals surface area contributed by atoms with E-state index in [1.807, 2.05) is 0 Å². The van der Waals surface area contributed by atoms with E-state index in [1.165, 1.54) is 18.2 Å². The summed E-state index contributed by atoms with van der Waals surface area (Å²) in [7, 11) is 0. The maximum atomic E-state index is 15.7. The summed E-state index contributed by atoms with van der Waals surface area (Å²) < 4.78 is 69.1. The summed E-state index contributed by atoms with van der Waals surface area (Å²) in [5, 5.41) is 15.7. The van der Waals surface area contributed by atoms with E-state index in [2.05, 4.69) is 30.9 Å². The monoisotopic (exact) mass is 500 g/mol. The van der Waals surface area contributed by atoms with E-state index in [-0.39, 0.29) is 33.8 Å². The third-order valence-corrected chi connectivity index (χ3v) is 6.15. The molecule has 0 atom stereocenters. The molecule has 2 N–H and O–H groups in total. The van der Waals surface area contributed by atoms with Crippen LogP contribution in [0.25, 0.3) is 22.5 Å². The average Bonchev–Trinajstić information content (AvgIpc) is 3.46. The molecule has 1 fully saturated rings. The number of rotatable bonds is 5. The van der Waals surface area contributed by atoms with Crippen LogP contribution in [0.5, 0.6) is 0 Å². The highest BCUT2D eigenvalue weighted by Gasteiger charge is 2.53. The Morgan fingerprint density at radius 2 is 1.86 bits per heavy atom. The molecule has 1 saturated carbocycles. The second-order valence-electron chi connectivity index (χ2n) is 8.53. The van der Waals surface area contributed by atoms with Crippen molar-refractivity contribution in [1.29, 1.82) is 0 Å². The van der Waals surface area contributed by atoms with Crippen molar-refractivity contribution in [3.8, 4) is 22.5 Å². The van der Waals surface area contributed by atoms with Crippen LogP contribution in [0.3, 0.4) is 0 Å². The number of H-pyrrole nitrogens is 1. The highest BCUT2D eigenvalue weighted by molar-refractivity contribution is 6.02. The molecule has 1 aliphatic carbocycles. The van der Waals surface area contributed by atoms with Gasteiger partial charge in [0.1, 0.15) is 11.5 Å². The van der Waals surface area contributed by atoms with Gasteiger partial charge in [-0.2, -0.15) is 18.4 Å². The number of tetrazole rings is 1. The lowest BCUT2D eigenvalue weighted by Gasteiger charge is -2.18. The van der Waals surface area contributed by atoms with Crippen LogP contribution in [0.15, 0.2) is 48.7 Å². The van der Waals surface area contributed by atoms with Gasteiger partial charge in [0.15, 0.2) is 5.82 Å². The van der Waals surface area contributed by atoms with E-state index >= 15 is 4.39 Å². The van der Waals surface area contributed by atoms with Gasteiger partial charge in [0.25, 0.3) is 0 Å². The molecule has 12 heteroatoms. The lowest BCUT2D eigenvalue weighted by molar-refractivity contribution is -0.141. The highest BCUT2D eigenvalue weighted by atomic mass is 19.4. The number of amides is 1. The van der Waals surface area contributed by atoms with E-state index in [4.69, 9.17) is 0 Å². The van der Waals surface area contributed by atoms with E-state index < -0.39 is 34.8 Å². The Labute approximate surface area is 200 Å². The minimum absolute atomic E-state index is 0.138. The molecule has 0 saturated heterocycles. The molecular formula is C24H17F5N6O. The summed E-state index contributed by atoms with van der Waals surface area (Å²) >= 11 is 0. The van der Waals surface area contributed by atoms with Crippen LogP contribution >= 0.6 is 0 Å². The van der Waals surface area contributed by atoms with Gasteiger partial charge in [-0.1, -0.05) is 24.3 Å². The first-order valence-corrected chi connectivity index (χ1v) is 10.8. The Balaban J connectivity index is 1.52. The Kier molecular flexibility index (Phi) is 5.53. The molecule has 0 radical (unpaired) electrons. The summed E-state index contributed by atoms with van der Waals surface area (Å²) in [5.41, 5.74) is -1.40. The molecule has 0 bridgehead atoms. The number of carbonyl (C=O) groups is 1. The predicted molar refractivity (Wildman–Crippen MR) is 118 cm³/mol. The number of anilines is 1. The number of benzene rings is 2. The van der Waals surface area contributed by atoms with E-state index in [9.17, 15) is 22.4 Å². The molecule has 36 heavy (non-hydrogen) atoms. The van der Waals surface area contributed by atoms with Crippen molar-refractivity contribution in [2.45, 2.75) is 31.4 Å². The minimum Gasteiger partial charge on any atom is -0.323 e. The number of pyridine rings is 1. The van der Waals surface area contributed by atoms with Crippen LogP contribution in [0.2, 0.25) is 0 Å². The number of carbonyl (C=O) groups excluding carboxylic acids is 1. The van der Waals surface area contributed by atoms with Crippen LogP contribution in [0.4, 0.5) is 27.6 Å². The normalized spacial score (nSPS) is 14.5. The predicted octanol–water partition coefficient (Wildman–Crippen LogP) is 5.20. The molecule has 1 amide bonds. The van der Waals surface area contributed by atoms with Gasteiger partial charge in [0.05, 0.1) is 16.7 Å². The smallest absolute Gasteiger partial charge is 0.323 e. The van der Waals surface area contributed by atoms with Crippen molar-refractivity contribution in [3.63, 3.8) is 0 Å². The number of aromatic nitrogens is 5. The Bertz CT molecular complexity index is 1450. The molecule has 184 valence electrons. The molecule has 2 heterocycles. The quantitative estimate of drug-likeness (QED) is 0.367. The first kappa shape index (κ1) is 23.5. The topological polar surface area (TPSA) is 96.5 Å². The fraction of sp³-hybridized carbons (Fsp3) is 0.208. The summed E-state index contributed by atoms with van der Waals surface area (Å²) in [5.74, 6) is -2.19. The number of hydrogen-bond donors (Lipinski definition) is 2. The van der Waals surface area contributed by atoms with Gasteiger partial charge in [-0.05, 0) is 54.3 Å². The Hall–Kier alpha value is -4.22. The zero-order chi connectivity index (χ0) is 25.7. The summed E-state index contributed by atoms with van der Waals surface area (Å²) in [6.07, 6.45) is -2.89. The largest absolute Gasteiger partial charge is 0.433 e. The molecule has 2 aromatic carbocycles. The van der Waals surface area contributed by atoms with Gasteiger partial charge < -0.3 is 5.32 Å². The van der Waals surface area contributed by atoms with Crippen LogP contribution in [-0.2, 0) is 16.4 Å². The number of aryl methyl sites for hydroxylation is 1. The van der Waals surface area contributed by atoms with Gasteiger partial charge in [-0.25, -0.2) is 8.78 Å². The minimum atomic E-state index is -4.63. The fourth-order valence-electron chi connectivity index (χ4n) is 4.11. The lowest BCUT2D eigenvalue weighted by atomic mass is 9.93. The Morgan fingerprint density at radius 3 is 2.44 bits per heavy atom. The SMILES string of the molecule is Cc1ccc(C2(C(=O)Nc3ccc(-c4ccc(C(F)(F)F)nc4)c(-c4nn[nH]n4)c3F)CC2)c(F)c1. The van der Waals surface area contributed by atoms with Crippen LogP contribution < -0.4 is 5.32 Å². The zero-order valence-corrected chi connectivity index (χ0v) is 18.6. The molecule has 0 spiro atoms. The van der Waals surface area contributed by atoms with Gasteiger partial charge in [0.2, 0.25) is 11.7 Å². The second kappa shape index (κ2) is 8.47. The standard InChI is InChI=1S/C24H17F5N6O/c1-12-2-5-15(16(25)10-12)23(8-9-23)22(36)31-17-6-4-14(19(20(17)26)21-32-34-35-33-21)13-3-7-18(30-11-13)24(27,28)29/h2-7,10-11H,8-9H2,1H3,(H,31,36)(H,32,33,34,35). The van der Waals surface area contributed by atoms with Crippen molar-refractivity contribution in [3.05, 3.63) is 77.1 Å². The van der Waals surface area contributed by atoms with Gasteiger partial charge in [-0.15, -0.1) is 10.2 Å². The van der Waals surface area contributed by atoms with E-state index in [1.54, 1.807) is 19.1 Å². The molecule has 0 aliphatic heterocycles. The molecule has 2 aromatic heterocycles. The second-order valence-corrected chi connectivity index (χ2v) is 8.53. The number of hydrogen-bond acceptors (Lipinski definition) is 5. The van der Waals surface area contributed by atoms with Gasteiger partial charge in [-0.3, -0.25) is 9.78 Å². The van der Waals surface area contributed by atoms with Crippen molar-refractivity contribution in [2.75, 3.05) is 5.32 Å². The molecule has 0 unspecified atom stereocenters. The van der Waals surface area contributed by atoms with Crippen molar-refractivity contribution >= 4 is 11.6 Å². The van der Waals surface area contributed by atoms with E-state index in [0.717, 1.165) is 18.3 Å². The number of nitrogens with one attached hydrogen (secondary N) is 2. The molecular weight excluding hydrogens is 483 g/mol. The first-order chi connectivity index (χ1) is 17.1. The molecule has 1 aliphatic rings. The third kappa shape index (κ3) is 4.08. The van der Waals surface area contributed by atoms with E-state index in [0.29, 0.717) is 18.4 Å². The van der Waals surface area contributed by atoms with Crippen LogP contribution in [0, 0.1) is 18.6 Å². The number of alkyl halides is 3. The van der Waals surface area contributed by atoms with Crippen molar-refractivity contribution < 1.29 is 26.7 Å². The summed E-state index contributed by atoms with van der Waals surface area (Å²) in [6.45, 7) is 1.73. The van der Waals surface area contributed by atoms with Crippen molar-refractivity contribution in [2.24, 2.45) is 0 Å². The van der Waals surface area contributed by atoms with Crippen LogP contribution in [-0.4, -0.2) is 31.5 Å². The molecule has 7 nitrogen and oxygen atoms in total. The maximum Gasteiger partial charge on any atom is 0.433 e. The first-order valence-electron chi connectivity index (χ1n) is 10.8. The van der Waals surface area contributed by atoms with Crippen molar-refractivity contribution in [1.82, 2.24) is 25.6 Å². The lowest BCUT2D eigenvalue weighted by Crippen LogP contribution is -2.29. The number of aromatic amines is 1. The zero-order valence-electron chi connectivity index (χ0n) is 18.6. The highest BCUT2D eigenvalue weighted by Crippen LogP contribution is 2.50. The number of halogens is 5. The third-order valence-electron chi connectivity index (χ3n) is 6.15. The summed E-state index contributed by atoms with van der Waals surface area (Å²) in [4.78, 5) is 16.6. The average molecular weight is 500 g/mol. The molecule has 5 rings (SSSR count).